The van der Waals surface area contributed by atoms with E-state index in [2.05, 4.69) is 5.32 Å². The van der Waals surface area contributed by atoms with Gasteiger partial charge in [0.05, 0.1) is 18.0 Å². The van der Waals surface area contributed by atoms with E-state index in [9.17, 15) is 14.0 Å². The van der Waals surface area contributed by atoms with Gasteiger partial charge in [0.15, 0.2) is 0 Å². The number of carbonyl (C=O) groups is 2. The maximum Gasteiger partial charge on any atom is 0.331 e. The first-order valence-electron chi connectivity index (χ1n) is 7.40. The van der Waals surface area contributed by atoms with Crippen LogP contribution in [0.15, 0.2) is 18.2 Å². The van der Waals surface area contributed by atoms with Gasteiger partial charge in [0.25, 0.3) is 5.91 Å². The standard InChI is InChI=1S/C16H21FN2O3/c1-5-11-14(20)19(16(3,4)15(21)22-6-2)13-8-7-10(17)9-12(13)18-11/h7-9,11,18H,5-6H2,1-4H3. The number of benzene rings is 1. The minimum atomic E-state index is -1.17. The molecule has 0 aromatic heterocycles. The fraction of sp³-hybridized carbons (Fsp3) is 0.500. The molecule has 1 amide bonds. The maximum absolute atomic E-state index is 13.5. The number of rotatable bonds is 4. The highest BCUT2D eigenvalue weighted by atomic mass is 19.1. The molecule has 0 bridgehead atoms. The lowest BCUT2D eigenvalue weighted by Crippen LogP contribution is -2.60. The molecule has 1 heterocycles. The Morgan fingerprint density at radius 2 is 2.09 bits per heavy atom. The third-order valence-electron chi connectivity index (χ3n) is 3.79. The average molecular weight is 308 g/mol. The summed E-state index contributed by atoms with van der Waals surface area (Å²) in [6.07, 6.45) is 0.532. The molecule has 120 valence electrons. The number of fused-ring (bicyclic) bond motifs is 1. The lowest BCUT2D eigenvalue weighted by Gasteiger charge is -2.42. The zero-order chi connectivity index (χ0) is 16.5. The normalized spacial score (nSPS) is 17.8. The molecule has 1 atom stereocenters. The van der Waals surface area contributed by atoms with E-state index in [0.29, 0.717) is 17.8 Å². The third-order valence-corrected chi connectivity index (χ3v) is 3.79. The summed E-state index contributed by atoms with van der Waals surface area (Å²) in [6.45, 7) is 7.07. The van der Waals surface area contributed by atoms with Crippen molar-refractivity contribution in [2.24, 2.45) is 0 Å². The first-order chi connectivity index (χ1) is 10.3. The molecule has 1 aliphatic heterocycles. The number of esters is 1. The predicted octanol–water partition coefficient (Wildman–Crippen LogP) is 2.70. The molecule has 0 radical (unpaired) electrons. The van der Waals surface area contributed by atoms with Crippen LogP contribution in [0.1, 0.15) is 34.1 Å². The number of carbonyl (C=O) groups excluding carboxylic acids is 2. The molecule has 0 spiro atoms. The second-order valence-electron chi connectivity index (χ2n) is 5.72. The summed E-state index contributed by atoms with van der Waals surface area (Å²) in [5.41, 5.74) is -0.187. The molecule has 0 fully saturated rings. The Balaban J connectivity index is 2.53. The van der Waals surface area contributed by atoms with Crippen LogP contribution in [0, 0.1) is 5.82 Å². The molecule has 0 aliphatic carbocycles. The van der Waals surface area contributed by atoms with Gasteiger partial charge in [-0.2, -0.15) is 0 Å². The highest BCUT2D eigenvalue weighted by Crippen LogP contribution is 2.37. The number of halogens is 1. The molecule has 1 aromatic rings. The van der Waals surface area contributed by atoms with Crippen molar-refractivity contribution in [2.45, 2.75) is 45.7 Å². The molecule has 22 heavy (non-hydrogen) atoms. The molecule has 0 saturated heterocycles. The number of nitrogens with zero attached hydrogens (tertiary/aromatic N) is 1. The molecule has 1 aromatic carbocycles. The Bertz CT molecular complexity index is 601. The smallest absolute Gasteiger partial charge is 0.331 e. The number of anilines is 2. The first kappa shape index (κ1) is 16.3. The van der Waals surface area contributed by atoms with E-state index in [1.165, 1.54) is 23.1 Å². The lowest BCUT2D eigenvalue weighted by molar-refractivity contribution is -0.149. The van der Waals surface area contributed by atoms with Crippen molar-refractivity contribution in [1.82, 2.24) is 0 Å². The topological polar surface area (TPSA) is 58.6 Å². The molecule has 5 nitrogen and oxygen atoms in total. The second kappa shape index (κ2) is 5.94. The van der Waals surface area contributed by atoms with E-state index in [-0.39, 0.29) is 12.5 Å². The fourth-order valence-corrected chi connectivity index (χ4v) is 2.60. The van der Waals surface area contributed by atoms with Gasteiger partial charge in [-0.25, -0.2) is 9.18 Å². The van der Waals surface area contributed by atoms with Gasteiger partial charge in [-0.15, -0.1) is 0 Å². The number of hydrogen-bond donors (Lipinski definition) is 1. The van der Waals surface area contributed by atoms with Gasteiger partial charge in [0.1, 0.15) is 17.4 Å². The van der Waals surface area contributed by atoms with Crippen molar-refractivity contribution in [3.63, 3.8) is 0 Å². The summed E-state index contributed by atoms with van der Waals surface area (Å²) >= 11 is 0. The van der Waals surface area contributed by atoms with Crippen molar-refractivity contribution < 1.29 is 18.7 Å². The van der Waals surface area contributed by atoms with Crippen LogP contribution >= 0.6 is 0 Å². The van der Waals surface area contributed by atoms with Crippen molar-refractivity contribution in [1.29, 1.82) is 0 Å². The summed E-state index contributed by atoms with van der Waals surface area (Å²) in [4.78, 5) is 26.4. The van der Waals surface area contributed by atoms with E-state index in [1.54, 1.807) is 20.8 Å². The van der Waals surface area contributed by atoms with E-state index in [0.717, 1.165) is 0 Å². The van der Waals surface area contributed by atoms with Gasteiger partial charge in [0.2, 0.25) is 0 Å². The molecule has 0 saturated carbocycles. The Morgan fingerprint density at radius 1 is 1.41 bits per heavy atom. The van der Waals surface area contributed by atoms with E-state index in [4.69, 9.17) is 4.74 Å². The maximum atomic E-state index is 13.5. The third kappa shape index (κ3) is 2.65. The molecule has 1 aliphatic rings. The number of nitrogens with one attached hydrogen (secondary N) is 1. The number of hydrogen-bond acceptors (Lipinski definition) is 4. The highest BCUT2D eigenvalue weighted by molar-refractivity contribution is 6.09. The second-order valence-corrected chi connectivity index (χ2v) is 5.72. The predicted molar refractivity (Wildman–Crippen MR) is 82.3 cm³/mol. The van der Waals surface area contributed by atoms with Gasteiger partial charge in [-0.3, -0.25) is 9.69 Å². The van der Waals surface area contributed by atoms with Gasteiger partial charge in [-0.1, -0.05) is 6.92 Å². The summed E-state index contributed by atoms with van der Waals surface area (Å²) in [5.74, 6) is -1.11. The van der Waals surface area contributed by atoms with Gasteiger partial charge in [0, 0.05) is 0 Å². The van der Waals surface area contributed by atoms with Crippen LogP contribution in [-0.2, 0) is 14.3 Å². The minimum absolute atomic E-state index is 0.223. The zero-order valence-electron chi connectivity index (χ0n) is 13.3. The van der Waals surface area contributed by atoms with Crippen LogP contribution in [0.3, 0.4) is 0 Å². The molecular weight excluding hydrogens is 287 g/mol. The summed E-state index contributed by atoms with van der Waals surface area (Å²) < 4.78 is 18.6. The van der Waals surface area contributed by atoms with E-state index < -0.39 is 23.4 Å². The van der Waals surface area contributed by atoms with Crippen molar-refractivity contribution in [2.75, 3.05) is 16.8 Å². The van der Waals surface area contributed by atoms with Crippen molar-refractivity contribution >= 4 is 23.3 Å². The Hall–Kier alpha value is -2.11. The zero-order valence-corrected chi connectivity index (χ0v) is 13.3. The minimum Gasteiger partial charge on any atom is -0.464 e. The van der Waals surface area contributed by atoms with Gasteiger partial charge < -0.3 is 10.1 Å². The average Bonchev–Trinajstić information content (AvgIpc) is 2.46. The molecule has 1 N–H and O–H groups in total. The molecular formula is C16H21FN2O3. The lowest BCUT2D eigenvalue weighted by atomic mass is 9.96. The largest absolute Gasteiger partial charge is 0.464 e. The quantitative estimate of drug-likeness (QED) is 0.869. The molecule has 6 heteroatoms. The molecule has 2 rings (SSSR count). The highest BCUT2D eigenvalue weighted by Gasteiger charge is 2.45. The van der Waals surface area contributed by atoms with Crippen LogP contribution in [-0.4, -0.2) is 30.1 Å². The SMILES string of the molecule is CCOC(=O)C(C)(C)N1C(=O)C(CC)Nc2cc(F)ccc21. The van der Waals surface area contributed by atoms with Crippen LogP contribution < -0.4 is 10.2 Å². The fourth-order valence-electron chi connectivity index (χ4n) is 2.60. The van der Waals surface area contributed by atoms with Crippen molar-refractivity contribution in [3.05, 3.63) is 24.0 Å². The Morgan fingerprint density at radius 3 is 2.68 bits per heavy atom. The monoisotopic (exact) mass is 308 g/mol. The summed E-state index contributed by atoms with van der Waals surface area (Å²) in [7, 11) is 0. The van der Waals surface area contributed by atoms with E-state index >= 15 is 0 Å². The van der Waals surface area contributed by atoms with Crippen LogP contribution in [0.5, 0.6) is 0 Å². The van der Waals surface area contributed by atoms with Gasteiger partial charge in [-0.05, 0) is 45.4 Å². The number of ether oxygens (including phenoxy) is 1. The van der Waals surface area contributed by atoms with Crippen LogP contribution in [0.4, 0.5) is 15.8 Å². The summed E-state index contributed by atoms with van der Waals surface area (Å²) in [6, 6.07) is 3.61. The van der Waals surface area contributed by atoms with Crippen molar-refractivity contribution in [3.8, 4) is 0 Å². The van der Waals surface area contributed by atoms with Crippen LogP contribution in [0.2, 0.25) is 0 Å². The number of amides is 1. The summed E-state index contributed by atoms with van der Waals surface area (Å²) in [5, 5.41) is 3.03. The van der Waals surface area contributed by atoms with Crippen LogP contribution in [0.25, 0.3) is 0 Å². The Kier molecular flexibility index (Phi) is 4.39. The van der Waals surface area contributed by atoms with E-state index in [1.807, 2.05) is 6.92 Å². The first-order valence-corrected chi connectivity index (χ1v) is 7.40. The van der Waals surface area contributed by atoms with Gasteiger partial charge >= 0.3 is 5.97 Å². The Labute approximate surface area is 129 Å². The molecule has 1 unspecified atom stereocenters.